The Morgan fingerprint density at radius 3 is 2.43 bits per heavy atom. The Balaban J connectivity index is 2.89. The van der Waals surface area contributed by atoms with Crippen LogP contribution in [0.15, 0.2) is 24.2 Å². The van der Waals surface area contributed by atoms with Crippen LogP contribution in [0, 0.1) is 6.92 Å². The summed E-state index contributed by atoms with van der Waals surface area (Å²) in [6, 6.07) is 4.74. The van der Waals surface area contributed by atoms with Crippen molar-refractivity contribution in [3.63, 3.8) is 0 Å². The Hall–Kier alpha value is -0.895. The first-order valence-electron chi connectivity index (χ1n) is 4.04. The zero-order valence-corrected chi connectivity index (χ0v) is 8.23. The Labute approximate surface area is 85.4 Å². The van der Waals surface area contributed by atoms with Crippen molar-refractivity contribution in [3.8, 4) is 0 Å². The zero-order chi connectivity index (χ0) is 10.8. The molecule has 0 aliphatic carbocycles. The van der Waals surface area contributed by atoms with Crippen LogP contribution >= 0.6 is 11.6 Å². The first-order valence-corrected chi connectivity index (χ1v) is 4.41. The molecule has 0 nitrogen and oxygen atoms in total. The lowest BCUT2D eigenvalue weighted by Crippen LogP contribution is -2.09. The second-order valence-electron chi connectivity index (χ2n) is 2.99. The van der Waals surface area contributed by atoms with Gasteiger partial charge in [-0.2, -0.15) is 0 Å². The van der Waals surface area contributed by atoms with E-state index in [0.29, 0.717) is 10.6 Å². The number of aryl methyl sites for hydroxylation is 1. The van der Waals surface area contributed by atoms with Gasteiger partial charge in [0, 0.05) is 5.02 Å². The minimum absolute atomic E-state index is 0.267. The van der Waals surface area contributed by atoms with Gasteiger partial charge in [0.2, 0.25) is 0 Å². The van der Waals surface area contributed by atoms with Crippen molar-refractivity contribution < 1.29 is 12.9 Å². The van der Waals surface area contributed by atoms with Crippen LogP contribution in [-0.4, -0.2) is 6.98 Å². The highest BCUT2D eigenvalue weighted by Gasteiger charge is 2.16. The minimum Gasteiger partial charge on any atom is -0.445 e. The first-order chi connectivity index (χ1) is 6.38. The molecule has 0 heterocycles. The van der Waals surface area contributed by atoms with Gasteiger partial charge >= 0.3 is 6.98 Å². The molecule has 5 heteroatoms. The Morgan fingerprint density at radius 1 is 1.29 bits per heavy atom. The lowest BCUT2D eigenvalue weighted by molar-refractivity contribution is 0.499. The summed E-state index contributed by atoms with van der Waals surface area (Å²) in [6.07, 6.45) is 1.04. The highest BCUT2D eigenvalue weighted by atomic mass is 35.5. The first kappa shape index (κ1) is 11.2. The summed E-state index contributed by atoms with van der Waals surface area (Å²) in [5.41, 5.74) is 1.27. The Bertz CT molecular complexity index is 358. The van der Waals surface area contributed by atoms with Crippen molar-refractivity contribution in [1.29, 1.82) is 0 Å². The highest BCUT2D eigenvalue weighted by molar-refractivity contribution is 6.64. The topological polar surface area (TPSA) is 0 Å². The predicted octanol–water partition coefficient (Wildman–Crippen LogP) is 4.05. The number of hydrogen-bond donors (Lipinski definition) is 0. The predicted molar refractivity (Wildman–Crippen MR) is 54.3 cm³/mol. The van der Waals surface area contributed by atoms with E-state index in [4.69, 9.17) is 11.6 Å². The zero-order valence-electron chi connectivity index (χ0n) is 7.48. The molecule has 0 amide bonds. The summed E-state index contributed by atoms with van der Waals surface area (Å²) in [7, 11) is 0. The molecular weight excluding hydrogens is 211 g/mol. The van der Waals surface area contributed by atoms with Crippen molar-refractivity contribution in [2.45, 2.75) is 6.92 Å². The van der Waals surface area contributed by atoms with Crippen molar-refractivity contribution in [3.05, 3.63) is 40.3 Å². The van der Waals surface area contributed by atoms with Crippen LogP contribution in [0.1, 0.15) is 11.1 Å². The molecule has 0 aromatic heterocycles. The van der Waals surface area contributed by atoms with Crippen LogP contribution in [-0.2, 0) is 0 Å². The van der Waals surface area contributed by atoms with E-state index in [2.05, 4.69) is 0 Å². The number of rotatable bonds is 2. The van der Waals surface area contributed by atoms with Crippen LogP contribution in [0.3, 0.4) is 0 Å². The van der Waals surface area contributed by atoms with E-state index in [0.717, 1.165) is 11.6 Å². The summed E-state index contributed by atoms with van der Waals surface area (Å²) in [5.74, 6) is 0.267. The fraction of sp³-hybridized carbons (Fsp3) is 0.111. The molecule has 1 aromatic carbocycles. The third-order valence-corrected chi connectivity index (χ3v) is 2.11. The molecular formula is C9H8BClF3-. The van der Waals surface area contributed by atoms with Gasteiger partial charge in [-0.15, -0.1) is 5.98 Å². The van der Waals surface area contributed by atoms with Gasteiger partial charge in [-0.1, -0.05) is 29.8 Å². The number of halogens is 4. The largest absolute Gasteiger partial charge is 0.502 e. The van der Waals surface area contributed by atoms with Crippen LogP contribution < -0.4 is 0 Å². The molecule has 0 aliphatic rings. The van der Waals surface area contributed by atoms with Crippen molar-refractivity contribution >= 4 is 24.7 Å². The monoisotopic (exact) mass is 219 g/mol. The summed E-state index contributed by atoms with van der Waals surface area (Å²) < 4.78 is 35.6. The average molecular weight is 219 g/mol. The number of hydrogen-bond acceptors (Lipinski definition) is 0. The summed E-state index contributed by atoms with van der Waals surface area (Å²) in [6.45, 7) is -3.11. The van der Waals surface area contributed by atoms with E-state index >= 15 is 0 Å². The highest BCUT2D eigenvalue weighted by Crippen LogP contribution is 2.18. The molecule has 76 valence electrons. The molecule has 0 aliphatic heterocycles. The summed E-state index contributed by atoms with van der Waals surface area (Å²) >= 11 is 5.73. The van der Waals surface area contributed by atoms with Gasteiger partial charge in [0.15, 0.2) is 0 Å². The molecule has 0 fully saturated rings. The van der Waals surface area contributed by atoms with Crippen molar-refractivity contribution in [2.75, 3.05) is 0 Å². The van der Waals surface area contributed by atoms with E-state index in [1.165, 1.54) is 0 Å². The lowest BCUT2D eigenvalue weighted by atomic mass is 9.90. The maximum absolute atomic E-state index is 11.9. The normalized spacial score (nSPS) is 12.4. The minimum atomic E-state index is -4.86. The molecule has 0 spiro atoms. The fourth-order valence-electron chi connectivity index (χ4n) is 0.992. The molecule has 0 saturated heterocycles. The van der Waals surface area contributed by atoms with Crippen LogP contribution in [0.4, 0.5) is 12.9 Å². The Morgan fingerprint density at radius 2 is 1.93 bits per heavy atom. The van der Waals surface area contributed by atoms with Gasteiger partial charge in [0.25, 0.3) is 0 Å². The Kier molecular flexibility index (Phi) is 3.27. The molecule has 1 rings (SSSR count). The molecule has 0 radical (unpaired) electrons. The maximum atomic E-state index is 11.9. The summed E-state index contributed by atoms with van der Waals surface area (Å²) in [5, 5.41) is 0.555. The van der Waals surface area contributed by atoms with E-state index in [1.807, 2.05) is 0 Å². The van der Waals surface area contributed by atoms with E-state index in [1.54, 1.807) is 25.1 Å². The average Bonchev–Trinajstić information content (AvgIpc) is 2.06. The second-order valence-corrected chi connectivity index (χ2v) is 3.40. The fourth-order valence-corrected chi connectivity index (χ4v) is 1.11. The van der Waals surface area contributed by atoms with Crippen LogP contribution in [0.5, 0.6) is 0 Å². The van der Waals surface area contributed by atoms with E-state index < -0.39 is 6.98 Å². The van der Waals surface area contributed by atoms with Gasteiger partial charge < -0.3 is 12.9 Å². The van der Waals surface area contributed by atoms with Crippen molar-refractivity contribution in [2.24, 2.45) is 0 Å². The van der Waals surface area contributed by atoms with E-state index in [-0.39, 0.29) is 5.98 Å². The quantitative estimate of drug-likeness (QED) is 0.658. The molecule has 0 atom stereocenters. The SMILES string of the molecule is Cc1cc(/C=C/[B-](F)(F)F)ccc1Cl. The summed E-state index contributed by atoms with van der Waals surface area (Å²) in [4.78, 5) is 0. The van der Waals surface area contributed by atoms with Gasteiger partial charge in [0.05, 0.1) is 0 Å². The molecule has 0 N–H and O–H groups in total. The van der Waals surface area contributed by atoms with Gasteiger partial charge in [0.1, 0.15) is 0 Å². The third kappa shape index (κ3) is 3.46. The molecule has 14 heavy (non-hydrogen) atoms. The third-order valence-electron chi connectivity index (χ3n) is 1.69. The maximum Gasteiger partial charge on any atom is 0.502 e. The smallest absolute Gasteiger partial charge is 0.445 e. The van der Waals surface area contributed by atoms with E-state index in [9.17, 15) is 12.9 Å². The number of benzene rings is 1. The van der Waals surface area contributed by atoms with Crippen LogP contribution in [0.2, 0.25) is 5.02 Å². The molecule has 0 unspecified atom stereocenters. The van der Waals surface area contributed by atoms with Crippen LogP contribution in [0.25, 0.3) is 6.08 Å². The second kappa shape index (κ2) is 4.09. The van der Waals surface area contributed by atoms with Gasteiger partial charge in [-0.3, -0.25) is 0 Å². The molecule has 0 bridgehead atoms. The van der Waals surface area contributed by atoms with Gasteiger partial charge in [-0.25, -0.2) is 0 Å². The lowest BCUT2D eigenvalue weighted by Gasteiger charge is -2.06. The standard InChI is InChI=1S/C9H8BClF3/c1-7-6-8(2-3-9(7)11)4-5-10(12,13)14/h2-6H,1H3/q-1/b5-4+. The molecule has 1 aromatic rings. The van der Waals surface area contributed by atoms with Gasteiger partial charge in [-0.05, 0) is 24.1 Å². The molecule has 0 saturated carbocycles. The van der Waals surface area contributed by atoms with Crippen molar-refractivity contribution in [1.82, 2.24) is 0 Å².